The molecule has 1 heterocycles. The van der Waals surface area contributed by atoms with E-state index in [2.05, 4.69) is 17.2 Å². The highest BCUT2D eigenvalue weighted by Crippen LogP contribution is 2.34. The van der Waals surface area contributed by atoms with Gasteiger partial charge in [-0.15, -0.1) is 6.58 Å². The number of nitrogens with zero attached hydrogens (tertiary/aromatic N) is 1. The molecule has 0 bridgehead atoms. The van der Waals surface area contributed by atoms with Crippen molar-refractivity contribution in [2.45, 2.75) is 6.42 Å². The summed E-state index contributed by atoms with van der Waals surface area (Å²) in [5.74, 6) is -0.143. The predicted molar refractivity (Wildman–Crippen MR) is 64.1 cm³/mol. The molecule has 1 aromatic carbocycles. The molecule has 1 aromatic rings. The molecule has 2 rings (SSSR count). The Morgan fingerprint density at radius 1 is 1.59 bits per heavy atom. The number of nitro benzene ring substituents is 1. The summed E-state index contributed by atoms with van der Waals surface area (Å²) in [5.41, 5.74) is 1.65. The number of carbonyl (C=O) groups is 1. The number of rotatable bonds is 4. The Balaban J connectivity index is 2.43. The number of nitro groups is 1. The summed E-state index contributed by atoms with van der Waals surface area (Å²) >= 11 is 0. The van der Waals surface area contributed by atoms with Gasteiger partial charge < -0.3 is 10.6 Å². The maximum atomic E-state index is 11.2. The van der Waals surface area contributed by atoms with Crippen LogP contribution in [-0.2, 0) is 11.2 Å². The van der Waals surface area contributed by atoms with E-state index in [1.54, 1.807) is 12.1 Å². The number of hydrogen-bond donors (Lipinski definition) is 2. The highest BCUT2D eigenvalue weighted by Gasteiger charge is 2.24. The van der Waals surface area contributed by atoms with Crippen molar-refractivity contribution in [3.8, 4) is 0 Å². The van der Waals surface area contributed by atoms with E-state index in [1.165, 1.54) is 6.07 Å². The van der Waals surface area contributed by atoms with Crippen LogP contribution in [-0.4, -0.2) is 17.4 Å². The van der Waals surface area contributed by atoms with Gasteiger partial charge in [-0.2, -0.15) is 0 Å². The maximum Gasteiger partial charge on any atom is 0.292 e. The van der Waals surface area contributed by atoms with Crippen LogP contribution in [0.5, 0.6) is 0 Å². The van der Waals surface area contributed by atoms with Crippen LogP contribution >= 0.6 is 0 Å². The third-order valence-corrected chi connectivity index (χ3v) is 2.48. The van der Waals surface area contributed by atoms with E-state index in [1.807, 2.05) is 0 Å². The summed E-state index contributed by atoms with van der Waals surface area (Å²) in [7, 11) is 0. The van der Waals surface area contributed by atoms with E-state index in [9.17, 15) is 14.9 Å². The van der Waals surface area contributed by atoms with Crippen LogP contribution in [0.3, 0.4) is 0 Å². The lowest BCUT2D eigenvalue weighted by molar-refractivity contribution is -0.384. The summed E-state index contributed by atoms with van der Waals surface area (Å²) in [5, 5.41) is 16.4. The second-order valence-electron chi connectivity index (χ2n) is 3.68. The number of fused-ring (bicyclic) bond motifs is 1. The fourth-order valence-electron chi connectivity index (χ4n) is 1.74. The van der Waals surface area contributed by atoms with Crippen LogP contribution in [0.25, 0.3) is 0 Å². The number of benzene rings is 1. The van der Waals surface area contributed by atoms with Gasteiger partial charge in [0, 0.05) is 18.3 Å². The topological polar surface area (TPSA) is 84.3 Å². The quantitative estimate of drug-likeness (QED) is 0.471. The van der Waals surface area contributed by atoms with Crippen molar-refractivity contribution in [1.29, 1.82) is 0 Å². The van der Waals surface area contributed by atoms with Crippen molar-refractivity contribution < 1.29 is 9.72 Å². The zero-order valence-corrected chi connectivity index (χ0v) is 9.03. The van der Waals surface area contributed by atoms with Crippen LogP contribution in [0.4, 0.5) is 17.1 Å². The minimum atomic E-state index is -0.464. The van der Waals surface area contributed by atoms with Crippen LogP contribution in [0, 0.1) is 10.1 Å². The first-order chi connectivity index (χ1) is 8.11. The number of nitrogens with one attached hydrogen (secondary N) is 2. The van der Waals surface area contributed by atoms with E-state index in [0.29, 0.717) is 23.5 Å². The van der Waals surface area contributed by atoms with Crippen LogP contribution in [0.2, 0.25) is 0 Å². The Morgan fingerprint density at radius 2 is 2.35 bits per heavy atom. The average Bonchev–Trinajstić information content (AvgIpc) is 2.63. The molecule has 1 aliphatic rings. The molecule has 2 N–H and O–H groups in total. The molecule has 0 unspecified atom stereocenters. The monoisotopic (exact) mass is 233 g/mol. The first-order valence-corrected chi connectivity index (χ1v) is 5.07. The van der Waals surface area contributed by atoms with Crippen molar-refractivity contribution in [1.82, 2.24) is 0 Å². The highest BCUT2D eigenvalue weighted by molar-refractivity contribution is 6.00. The Kier molecular flexibility index (Phi) is 2.78. The summed E-state index contributed by atoms with van der Waals surface area (Å²) in [6.07, 6.45) is 1.80. The van der Waals surface area contributed by atoms with E-state index < -0.39 is 4.92 Å². The molecule has 0 radical (unpaired) electrons. The van der Waals surface area contributed by atoms with Gasteiger partial charge in [-0.05, 0) is 11.6 Å². The fourth-order valence-corrected chi connectivity index (χ4v) is 1.74. The smallest absolute Gasteiger partial charge is 0.292 e. The van der Waals surface area contributed by atoms with Gasteiger partial charge in [0.25, 0.3) is 5.69 Å². The Bertz CT molecular complexity index is 511. The fraction of sp³-hybridized carbons (Fsp3) is 0.182. The molecule has 0 atom stereocenters. The van der Waals surface area contributed by atoms with Crippen LogP contribution in [0.15, 0.2) is 24.8 Å². The van der Waals surface area contributed by atoms with Gasteiger partial charge in [0.15, 0.2) is 0 Å². The minimum absolute atomic E-state index is 0.0258. The Labute approximate surface area is 97.5 Å². The summed E-state index contributed by atoms with van der Waals surface area (Å²) in [6, 6.07) is 3.01. The van der Waals surface area contributed by atoms with Crippen LogP contribution in [0.1, 0.15) is 5.56 Å². The third kappa shape index (κ3) is 2.10. The largest absolute Gasteiger partial charge is 0.376 e. The molecule has 6 heteroatoms. The third-order valence-electron chi connectivity index (χ3n) is 2.48. The molecule has 0 spiro atoms. The van der Waals surface area contributed by atoms with E-state index in [-0.39, 0.29) is 18.0 Å². The van der Waals surface area contributed by atoms with Crippen molar-refractivity contribution in [2.75, 3.05) is 17.2 Å². The normalized spacial score (nSPS) is 12.8. The zero-order valence-electron chi connectivity index (χ0n) is 9.03. The molecule has 0 saturated carbocycles. The van der Waals surface area contributed by atoms with Crippen molar-refractivity contribution in [2.24, 2.45) is 0 Å². The Morgan fingerprint density at radius 3 is 3.00 bits per heavy atom. The zero-order chi connectivity index (χ0) is 12.4. The number of amides is 1. The molecular formula is C11H11N3O3. The van der Waals surface area contributed by atoms with E-state index in [4.69, 9.17) is 0 Å². The van der Waals surface area contributed by atoms with E-state index in [0.717, 1.165) is 0 Å². The molecule has 0 aromatic heterocycles. The van der Waals surface area contributed by atoms with Crippen LogP contribution < -0.4 is 10.6 Å². The van der Waals surface area contributed by atoms with Gasteiger partial charge in [0.2, 0.25) is 5.91 Å². The second kappa shape index (κ2) is 4.25. The lowest BCUT2D eigenvalue weighted by atomic mass is 10.1. The minimum Gasteiger partial charge on any atom is -0.376 e. The predicted octanol–water partition coefficient (Wildman–Crippen LogP) is 1.69. The molecule has 1 amide bonds. The summed E-state index contributed by atoms with van der Waals surface area (Å²) in [4.78, 5) is 21.6. The number of hydrogen-bond acceptors (Lipinski definition) is 4. The second-order valence-corrected chi connectivity index (χ2v) is 3.68. The maximum absolute atomic E-state index is 11.2. The molecular weight excluding hydrogens is 222 g/mol. The first-order valence-electron chi connectivity index (χ1n) is 5.07. The summed E-state index contributed by atoms with van der Waals surface area (Å²) < 4.78 is 0. The lowest BCUT2D eigenvalue weighted by Gasteiger charge is -2.07. The van der Waals surface area contributed by atoms with Gasteiger partial charge in [0.1, 0.15) is 5.69 Å². The van der Waals surface area contributed by atoms with Gasteiger partial charge >= 0.3 is 0 Å². The molecule has 0 saturated heterocycles. The van der Waals surface area contributed by atoms with Gasteiger partial charge in [0.05, 0.1) is 11.3 Å². The van der Waals surface area contributed by atoms with Gasteiger partial charge in [-0.25, -0.2) is 0 Å². The van der Waals surface area contributed by atoms with Crippen molar-refractivity contribution in [3.63, 3.8) is 0 Å². The lowest BCUT2D eigenvalue weighted by Crippen LogP contribution is -2.04. The molecule has 88 valence electrons. The van der Waals surface area contributed by atoms with Crippen molar-refractivity contribution in [3.05, 3.63) is 40.5 Å². The van der Waals surface area contributed by atoms with Gasteiger partial charge in [-0.3, -0.25) is 14.9 Å². The molecule has 1 aliphatic heterocycles. The molecule has 17 heavy (non-hydrogen) atoms. The molecule has 0 aliphatic carbocycles. The highest BCUT2D eigenvalue weighted by atomic mass is 16.6. The van der Waals surface area contributed by atoms with Gasteiger partial charge in [-0.1, -0.05) is 6.08 Å². The standard InChI is InChI=1S/C11H11N3O3/c1-2-3-12-9-6-8-7(5-11(15)13-8)4-10(9)14(16)17/h2,4,6,12H,1,3,5H2,(H,13,15). The number of anilines is 2. The average molecular weight is 233 g/mol. The SMILES string of the molecule is C=CCNc1cc2c(cc1[N+](=O)[O-])CC(=O)N2. The molecule has 6 nitrogen and oxygen atoms in total. The molecule has 0 fully saturated rings. The Hall–Kier alpha value is -2.37. The summed E-state index contributed by atoms with van der Waals surface area (Å²) in [6.45, 7) is 3.96. The van der Waals surface area contributed by atoms with E-state index >= 15 is 0 Å². The number of carbonyl (C=O) groups excluding carboxylic acids is 1. The first kappa shape index (κ1) is 11.1. The van der Waals surface area contributed by atoms with Crippen molar-refractivity contribution >= 4 is 23.0 Å².